The van der Waals surface area contributed by atoms with Gasteiger partial charge in [-0.05, 0) is 148 Å². The largest absolute Gasteiger partial charge is 0.310 e. The molecule has 70 heavy (non-hydrogen) atoms. The average molecular weight is 911 g/mol. The Bertz CT molecular complexity index is 3670. The summed E-state index contributed by atoms with van der Waals surface area (Å²) in [6.07, 6.45) is 0. The average Bonchev–Trinajstić information content (AvgIpc) is 3.66. The molecule has 0 radical (unpaired) electrons. The van der Waals surface area contributed by atoms with E-state index in [2.05, 4.69) is 275 Å². The summed E-state index contributed by atoms with van der Waals surface area (Å²) in [5.74, 6) is 0. The predicted molar refractivity (Wildman–Crippen MR) is 305 cm³/mol. The molecule has 348 valence electrons. The van der Waals surface area contributed by atoms with Gasteiger partial charge in [-0.15, -0.1) is 0 Å². The van der Waals surface area contributed by atoms with Crippen molar-refractivity contribution in [2.75, 3.05) is 4.90 Å². The van der Waals surface area contributed by atoms with E-state index >= 15 is 0 Å². The molecule has 0 aliphatic carbocycles. The fourth-order valence-electron chi connectivity index (χ4n) is 10.7. The number of hydrogen-bond acceptors (Lipinski definition) is 1. The summed E-state index contributed by atoms with van der Waals surface area (Å²) in [6, 6.07) is 69.4. The Labute approximate surface area is 415 Å². The minimum atomic E-state index is 0.0338. The van der Waals surface area contributed by atoms with Gasteiger partial charge in [0, 0.05) is 32.9 Å². The molecular formula is C68H66N2. The van der Waals surface area contributed by atoms with E-state index < -0.39 is 0 Å². The summed E-state index contributed by atoms with van der Waals surface area (Å²) in [6.45, 7) is 27.5. The quantitative estimate of drug-likeness (QED) is 0.151. The van der Waals surface area contributed by atoms with Gasteiger partial charge in [0.2, 0.25) is 0 Å². The molecule has 2 nitrogen and oxygen atoms in total. The number of fused-ring (bicyclic) bond motifs is 3. The van der Waals surface area contributed by atoms with Crippen LogP contribution in [0.15, 0.2) is 182 Å². The van der Waals surface area contributed by atoms with E-state index in [0.29, 0.717) is 0 Å². The van der Waals surface area contributed by atoms with Crippen molar-refractivity contribution < 1.29 is 0 Å². The summed E-state index contributed by atoms with van der Waals surface area (Å²) < 4.78 is 2.53. The second-order valence-electron chi connectivity index (χ2n) is 24.0. The second-order valence-corrected chi connectivity index (χ2v) is 24.0. The molecule has 10 aromatic carbocycles. The van der Waals surface area contributed by atoms with Gasteiger partial charge in [-0.2, -0.15) is 0 Å². The van der Waals surface area contributed by atoms with Gasteiger partial charge in [-0.1, -0.05) is 204 Å². The fourth-order valence-corrected chi connectivity index (χ4v) is 10.7. The highest BCUT2D eigenvalue weighted by molar-refractivity contribution is 6.27. The Balaban J connectivity index is 1.05. The van der Waals surface area contributed by atoms with Gasteiger partial charge in [0.1, 0.15) is 0 Å². The smallest absolute Gasteiger partial charge is 0.0541 e. The number of nitrogens with zero attached hydrogens (tertiary/aromatic N) is 2. The Morgan fingerprint density at radius 2 is 0.643 bits per heavy atom. The van der Waals surface area contributed by atoms with Crippen LogP contribution in [-0.4, -0.2) is 4.57 Å². The highest BCUT2D eigenvalue weighted by Gasteiger charge is 2.25. The van der Waals surface area contributed by atoms with Crippen LogP contribution in [-0.2, 0) is 21.7 Å². The molecule has 0 unspecified atom stereocenters. The van der Waals surface area contributed by atoms with E-state index in [1.54, 1.807) is 0 Å². The summed E-state index contributed by atoms with van der Waals surface area (Å²) in [5.41, 5.74) is 17.6. The minimum absolute atomic E-state index is 0.0338. The summed E-state index contributed by atoms with van der Waals surface area (Å²) in [5, 5.41) is 10.2. The first kappa shape index (κ1) is 45.3. The molecule has 11 aromatic rings. The van der Waals surface area contributed by atoms with Crippen LogP contribution in [0.5, 0.6) is 0 Å². The van der Waals surface area contributed by atoms with Gasteiger partial charge in [-0.3, -0.25) is 0 Å². The summed E-state index contributed by atoms with van der Waals surface area (Å²) in [7, 11) is 0. The van der Waals surface area contributed by atoms with Crippen molar-refractivity contribution in [1.29, 1.82) is 0 Å². The molecule has 11 rings (SSSR count). The molecule has 0 bridgehead atoms. The third kappa shape index (κ3) is 7.83. The van der Waals surface area contributed by atoms with Gasteiger partial charge >= 0.3 is 0 Å². The van der Waals surface area contributed by atoms with Crippen molar-refractivity contribution in [2.24, 2.45) is 0 Å². The zero-order valence-electron chi connectivity index (χ0n) is 43.2. The molecule has 2 heteroatoms. The van der Waals surface area contributed by atoms with E-state index in [1.165, 1.54) is 104 Å². The molecule has 1 heterocycles. The van der Waals surface area contributed by atoms with Crippen molar-refractivity contribution in [3.63, 3.8) is 0 Å². The number of aromatic nitrogens is 1. The highest BCUT2D eigenvalue weighted by atomic mass is 15.1. The first-order valence-electron chi connectivity index (χ1n) is 25.2. The lowest BCUT2D eigenvalue weighted by Gasteiger charge is -2.29. The molecule has 0 aliphatic rings. The van der Waals surface area contributed by atoms with Crippen LogP contribution in [0.3, 0.4) is 0 Å². The molecular weight excluding hydrogens is 845 g/mol. The maximum Gasteiger partial charge on any atom is 0.0541 e. The van der Waals surface area contributed by atoms with Crippen LogP contribution in [0.25, 0.3) is 82.1 Å². The molecule has 1 aromatic heterocycles. The molecule has 0 fully saturated rings. The van der Waals surface area contributed by atoms with Crippen LogP contribution in [0.4, 0.5) is 17.1 Å². The maximum atomic E-state index is 2.53. The summed E-state index contributed by atoms with van der Waals surface area (Å²) in [4.78, 5) is 2.46. The molecule has 0 spiro atoms. The predicted octanol–water partition coefficient (Wildman–Crippen LogP) is 19.7. The molecule has 0 aliphatic heterocycles. The first-order valence-corrected chi connectivity index (χ1v) is 25.2. The van der Waals surface area contributed by atoms with Crippen LogP contribution in [0.1, 0.15) is 105 Å². The standard InChI is InChI=1S/C68H66N2/c1-65(2,3)49-25-17-45(18-26-49)43-13-15-44(16-14-43)46-19-31-53(32-20-46)69(54-33-27-50(28-34-54)66(4,5)6)59-37-23-47-22-36-56-60(38-24-48-21-35-55(59)63(47)64(48)56)70-61-39-29-51(67(7,8)9)41-57(61)58-42-52(68(10,11)12)30-40-62(58)70/h13-42H,1-12H3. The van der Waals surface area contributed by atoms with Gasteiger partial charge in [0.15, 0.2) is 0 Å². The monoisotopic (exact) mass is 911 g/mol. The van der Waals surface area contributed by atoms with Crippen molar-refractivity contribution in [1.82, 2.24) is 4.57 Å². The van der Waals surface area contributed by atoms with Crippen LogP contribution in [0, 0.1) is 0 Å². The number of anilines is 3. The minimum Gasteiger partial charge on any atom is -0.310 e. The van der Waals surface area contributed by atoms with Crippen LogP contribution < -0.4 is 4.90 Å². The van der Waals surface area contributed by atoms with Crippen molar-refractivity contribution in [2.45, 2.75) is 105 Å². The first-order chi connectivity index (χ1) is 33.2. The van der Waals surface area contributed by atoms with Crippen molar-refractivity contribution in [3.05, 3.63) is 204 Å². The Morgan fingerprint density at radius 3 is 1.10 bits per heavy atom. The number of benzene rings is 10. The lowest BCUT2D eigenvalue weighted by Crippen LogP contribution is -2.13. The van der Waals surface area contributed by atoms with E-state index in [9.17, 15) is 0 Å². The zero-order chi connectivity index (χ0) is 49.1. The molecule has 0 saturated heterocycles. The third-order valence-corrected chi connectivity index (χ3v) is 15.0. The fraction of sp³-hybridized carbons (Fsp3) is 0.235. The molecule has 0 saturated carbocycles. The Morgan fingerprint density at radius 1 is 0.300 bits per heavy atom. The Kier molecular flexibility index (Phi) is 10.5. The van der Waals surface area contributed by atoms with Gasteiger partial charge in [0.25, 0.3) is 0 Å². The lowest BCUT2D eigenvalue weighted by molar-refractivity contribution is 0.590. The zero-order valence-corrected chi connectivity index (χ0v) is 43.2. The number of rotatable bonds is 6. The van der Waals surface area contributed by atoms with Gasteiger partial charge < -0.3 is 9.47 Å². The van der Waals surface area contributed by atoms with Gasteiger partial charge in [-0.25, -0.2) is 0 Å². The van der Waals surface area contributed by atoms with Crippen LogP contribution in [0.2, 0.25) is 0 Å². The normalized spacial score (nSPS) is 12.9. The topological polar surface area (TPSA) is 8.17 Å². The lowest BCUT2D eigenvalue weighted by atomic mass is 9.85. The van der Waals surface area contributed by atoms with E-state index in [0.717, 1.165) is 17.1 Å². The highest BCUT2D eigenvalue weighted by Crippen LogP contribution is 2.47. The van der Waals surface area contributed by atoms with Gasteiger partial charge in [0.05, 0.1) is 22.4 Å². The van der Waals surface area contributed by atoms with E-state index in [-0.39, 0.29) is 21.7 Å². The van der Waals surface area contributed by atoms with Crippen molar-refractivity contribution >= 4 is 71.2 Å². The Hall–Kier alpha value is -7.16. The molecule has 0 atom stereocenters. The van der Waals surface area contributed by atoms with Crippen LogP contribution >= 0.6 is 0 Å². The molecule has 0 N–H and O–H groups in total. The molecule has 0 amide bonds. The number of hydrogen-bond donors (Lipinski definition) is 0. The third-order valence-electron chi connectivity index (χ3n) is 15.0. The van der Waals surface area contributed by atoms with E-state index in [1.807, 2.05) is 0 Å². The van der Waals surface area contributed by atoms with E-state index in [4.69, 9.17) is 0 Å². The maximum absolute atomic E-state index is 2.53. The SMILES string of the molecule is CC(C)(C)c1ccc(-c2ccc(-c3ccc(N(c4ccc(C(C)(C)C)cc4)c4ccc5ccc6c(-n7c8ccc(C(C)(C)C)cc8c8cc(C(C)(C)C)ccc87)ccc7ccc4c5c76)cc3)cc2)cc1. The summed E-state index contributed by atoms with van der Waals surface area (Å²) >= 11 is 0. The van der Waals surface area contributed by atoms with Crippen molar-refractivity contribution in [3.8, 4) is 27.9 Å². The second kappa shape index (κ2) is 16.2.